The first kappa shape index (κ1) is 16.9. The number of carbonyl (C=O) groups is 1. The van der Waals surface area contributed by atoms with Crippen LogP contribution >= 0.6 is 23.2 Å². The van der Waals surface area contributed by atoms with Gasteiger partial charge in [0.05, 0.1) is 25.8 Å². The van der Waals surface area contributed by atoms with Crippen molar-refractivity contribution in [2.75, 3.05) is 19.5 Å². The molecule has 1 saturated carbocycles. The summed E-state index contributed by atoms with van der Waals surface area (Å²) in [4.78, 5) is 12.6. The monoisotopic (exact) mass is 365 g/mol. The van der Waals surface area contributed by atoms with Crippen LogP contribution in [-0.4, -0.2) is 24.5 Å². The number of nitrogens with one attached hydrogen (secondary N) is 1. The Morgan fingerprint density at radius 3 is 2.42 bits per heavy atom. The number of hydrogen-bond acceptors (Lipinski definition) is 3. The highest BCUT2D eigenvalue weighted by molar-refractivity contribution is 6.53. The van der Waals surface area contributed by atoms with E-state index in [0.717, 1.165) is 5.56 Å². The molecule has 1 aliphatic carbocycles. The van der Waals surface area contributed by atoms with Crippen LogP contribution in [0.5, 0.6) is 11.5 Å². The van der Waals surface area contributed by atoms with Gasteiger partial charge in [-0.25, -0.2) is 0 Å². The maximum atomic E-state index is 12.6. The Labute approximate surface area is 150 Å². The van der Waals surface area contributed by atoms with Gasteiger partial charge < -0.3 is 14.8 Å². The number of carbonyl (C=O) groups excluding carboxylic acids is 1. The Kier molecular flexibility index (Phi) is 4.61. The van der Waals surface area contributed by atoms with E-state index in [1.54, 1.807) is 25.3 Å². The molecule has 2 atom stereocenters. The Balaban J connectivity index is 1.79. The van der Waals surface area contributed by atoms with E-state index >= 15 is 0 Å². The Morgan fingerprint density at radius 2 is 1.79 bits per heavy atom. The number of benzene rings is 2. The summed E-state index contributed by atoms with van der Waals surface area (Å²) in [5.74, 6) is 0.162. The maximum Gasteiger partial charge on any atom is 0.231 e. The molecule has 6 heteroatoms. The average Bonchev–Trinajstić information content (AvgIpc) is 3.18. The molecule has 1 fully saturated rings. The van der Waals surface area contributed by atoms with Crippen LogP contribution in [0.1, 0.15) is 11.5 Å². The fourth-order valence-corrected chi connectivity index (χ4v) is 3.67. The first-order chi connectivity index (χ1) is 11.5. The van der Waals surface area contributed by atoms with Crippen molar-refractivity contribution in [1.29, 1.82) is 0 Å². The lowest BCUT2D eigenvalue weighted by molar-refractivity contribution is -0.117. The molecule has 0 unspecified atom stereocenters. The third-order valence-electron chi connectivity index (χ3n) is 4.16. The van der Waals surface area contributed by atoms with Crippen LogP contribution < -0.4 is 14.8 Å². The molecule has 126 valence electrons. The molecule has 2 aromatic carbocycles. The van der Waals surface area contributed by atoms with Crippen LogP contribution in [0.4, 0.5) is 5.69 Å². The molecule has 0 heterocycles. The summed E-state index contributed by atoms with van der Waals surface area (Å²) in [6.07, 6.45) is 0. The summed E-state index contributed by atoms with van der Waals surface area (Å²) in [7, 11) is 3.10. The van der Waals surface area contributed by atoms with Gasteiger partial charge >= 0.3 is 0 Å². The number of alkyl halides is 2. The van der Waals surface area contributed by atoms with Gasteiger partial charge in [0, 0.05) is 12.0 Å². The molecule has 0 saturated heterocycles. The number of halogens is 2. The average molecular weight is 366 g/mol. The summed E-state index contributed by atoms with van der Waals surface area (Å²) in [6, 6.07) is 14.7. The van der Waals surface area contributed by atoms with Crippen LogP contribution in [0.3, 0.4) is 0 Å². The Bertz CT molecular complexity index is 749. The topological polar surface area (TPSA) is 47.6 Å². The number of anilines is 1. The molecule has 24 heavy (non-hydrogen) atoms. The number of rotatable bonds is 5. The minimum Gasteiger partial charge on any atom is -0.497 e. The number of amides is 1. The van der Waals surface area contributed by atoms with E-state index in [1.807, 2.05) is 30.3 Å². The first-order valence-electron chi connectivity index (χ1n) is 7.44. The Morgan fingerprint density at radius 1 is 1.08 bits per heavy atom. The second-order valence-electron chi connectivity index (χ2n) is 5.60. The third kappa shape index (κ3) is 3.04. The van der Waals surface area contributed by atoms with E-state index in [4.69, 9.17) is 32.7 Å². The summed E-state index contributed by atoms with van der Waals surface area (Å²) in [5.41, 5.74) is 1.50. The number of hydrogen-bond donors (Lipinski definition) is 1. The van der Waals surface area contributed by atoms with Gasteiger partial charge in [-0.1, -0.05) is 30.3 Å². The summed E-state index contributed by atoms with van der Waals surface area (Å²) >= 11 is 12.7. The molecule has 0 bridgehead atoms. The van der Waals surface area contributed by atoms with E-state index in [0.29, 0.717) is 17.2 Å². The minimum absolute atomic E-state index is 0.230. The molecule has 3 rings (SSSR count). The van der Waals surface area contributed by atoms with E-state index in [-0.39, 0.29) is 11.8 Å². The second-order valence-corrected chi connectivity index (χ2v) is 7.04. The largest absolute Gasteiger partial charge is 0.497 e. The Hall–Kier alpha value is -1.91. The predicted octanol–water partition coefficient (Wildman–Crippen LogP) is 4.23. The molecule has 0 radical (unpaired) electrons. The zero-order valence-electron chi connectivity index (χ0n) is 13.3. The highest BCUT2D eigenvalue weighted by Crippen LogP contribution is 2.65. The van der Waals surface area contributed by atoms with E-state index in [2.05, 4.69) is 5.32 Å². The molecule has 4 nitrogen and oxygen atoms in total. The fourth-order valence-electron chi connectivity index (χ4n) is 2.84. The molecule has 1 N–H and O–H groups in total. The van der Waals surface area contributed by atoms with Crippen LogP contribution in [0.2, 0.25) is 0 Å². The van der Waals surface area contributed by atoms with E-state index in [9.17, 15) is 4.79 Å². The van der Waals surface area contributed by atoms with Gasteiger partial charge in [0.25, 0.3) is 0 Å². The van der Waals surface area contributed by atoms with Crippen molar-refractivity contribution < 1.29 is 14.3 Å². The molecule has 0 aromatic heterocycles. The van der Waals surface area contributed by atoms with Crippen molar-refractivity contribution in [2.45, 2.75) is 10.3 Å². The molecule has 0 spiro atoms. The maximum absolute atomic E-state index is 12.6. The lowest BCUT2D eigenvalue weighted by atomic mass is 10.1. The summed E-state index contributed by atoms with van der Waals surface area (Å²) in [5, 5.41) is 2.84. The summed E-state index contributed by atoms with van der Waals surface area (Å²) < 4.78 is 9.34. The van der Waals surface area contributed by atoms with Crippen molar-refractivity contribution >= 4 is 34.8 Å². The normalized spacial score (nSPS) is 21.0. The first-order valence-corrected chi connectivity index (χ1v) is 8.20. The van der Waals surface area contributed by atoms with Gasteiger partial charge in [0.15, 0.2) is 0 Å². The van der Waals surface area contributed by atoms with Crippen molar-refractivity contribution in [3.63, 3.8) is 0 Å². The van der Waals surface area contributed by atoms with Gasteiger partial charge in [-0.2, -0.15) is 0 Å². The van der Waals surface area contributed by atoms with E-state index in [1.165, 1.54) is 7.11 Å². The second kappa shape index (κ2) is 6.54. The van der Waals surface area contributed by atoms with Crippen LogP contribution in [0.15, 0.2) is 48.5 Å². The number of methoxy groups -OCH3 is 2. The minimum atomic E-state index is -1.11. The molecule has 1 amide bonds. The van der Waals surface area contributed by atoms with Crippen molar-refractivity contribution in [1.82, 2.24) is 0 Å². The van der Waals surface area contributed by atoms with Crippen LogP contribution in [0.25, 0.3) is 0 Å². The highest BCUT2D eigenvalue weighted by atomic mass is 35.5. The van der Waals surface area contributed by atoms with E-state index < -0.39 is 10.3 Å². The van der Waals surface area contributed by atoms with Crippen molar-refractivity contribution in [3.8, 4) is 11.5 Å². The predicted molar refractivity (Wildman–Crippen MR) is 95.3 cm³/mol. The van der Waals surface area contributed by atoms with Crippen LogP contribution in [-0.2, 0) is 4.79 Å². The van der Waals surface area contributed by atoms with Gasteiger partial charge in [-0.15, -0.1) is 23.2 Å². The van der Waals surface area contributed by atoms with Gasteiger partial charge in [-0.05, 0) is 17.7 Å². The van der Waals surface area contributed by atoms with Gasteiger partial charge in [-0.3, -0.25) is 4.79 Å². The molecule has 1 aliphatic rings. The lowest BCUT2D eigenvalue weighted by Crippen LogP contribution is -2.17. The molecule has 0 aliphatic heterocycles. The van der Waals surface area contributed by atoms with Crippen LogP contribution in [0, 0.1) is 5.92 Å². The molecular weight excluding hydrogens is 349 g/mol. The highest BCUT2D eigenvalue weighted by Gasteiger charge is 2.67. The standard InChI is InChI=1S/C18H17Cl2NO3/c1-23-12-8-9-13(14(10-12)24-2)21-17(22)16-15(18(16,19)20)11-6-4-3-5-7-11/h3-10,15-16H,1-2H3,(H,21,22)/t15-,16+/m0/s1. The van der Waals surface area contributed by atoms with Gasteiger partial charge in [0.2, 0.25) is 5.91 Å². The fraction of sp³-hybridized carbons (Fsp3) is 0.278. The molecular formula is C18H17Cl2NO3. The van der Waals surface area contributed by atoms with Crippen molar-refractivity contribution in [2.24, 2.45) is 5.92 Å². The quantitative estimate of drug-likeness (QED) is 0.806. The smallest absolute Gasteiger partial charge is 0.231 e. The van der Waals surface area contributed by atoms with Crippen molar-refractivity contribution in [3.05, 3.63) is 54.1 Å². The zero-order chi connectivity index (χ0) is 17.3. The SMILES string of the molecule is COc1ccc(NC(=O)[C@H]2[C@H](c3ccccc3)C2(Cl)Cl)c(OC)c1. The zero-order valence-corrected chi connectivity index (χ0v) is 14.8. The lowest BCUT2D eigenvalue weighted by Gasteiger charge is -2.11. The summed E-state index contributed by atoms with van der Waals surface area (Å²) in [6.45, 7) is 0. The van der Waals surface area contributed by atoms with Gasteiger partial charge in [0.1, 0.15) is 15.8 Å². The third-order valence-corrected chi connectivity index (χ3v) is 5.10. The molecule has 2 aromatic rings. The number of ether oxygens (including phenoxy) is 2.